The highest BCUT2D eigenvalue weighted by Crippen LogP contribution is 2.30. The van der Waals surface area contributed by atoms with E-state index in [4.69, 9.17) is 9.47 Å². The number of H-pyrrole nitrogens is 1. The van der Waals surface area contributed by atoms with E-state index in [0.29, 0.717) is 34.8 Å². The predicted octanol–water partition coefficient (Wildman–Crippen LogP) is 3.19. The number of rotatable bonds is 6. The first-order chi connectivity index (χ1) is 12.0. The molecule has 0 saturated heterocycles. The molecule has 0 fully saturated rings. The van der Waals surface area contributed by atoms with E-state index in [9.17, 15) is 4.79 Å². The Bertz CT molecular complexity index is 921. The predicted molar refractivity (Wildman–Crippen MR) is 99.7 cm³/mol. The van der Waals surface area contributed by atoms with Crippen LogP contribution in [-0.4, -0.2) is 36.1 Å². The van der Waals surface area contributed by atoms with Crippen LogP contribution in [0.2, 0.25) is 0 Å². The van der Waals surface area contributed by atoms with Gasteiger partial charge < -0.3 is 14.5 Å². The molecule has 132 valence electrons. The Morgan fingerprint density at radius 1 is 1.28 bits per heavy atom. The molecule has 0 spiro atoms. The van der Waals surface area contributed by atoms with Gasteiger partial charge in [0, 0.05) is 17.0 Å². The first-order valence-corrected chi connectivity index (χ1v) is 8.80. The van der Waals surface area contributed by atoms with Crippen molar-refractivity contribution < 1.29 is 9.47 Å². The molecular formula is C18H21N3O3S. The number of fused-ring (bicyclic) bond motifs is 1. The Kier molecular flexibility index (Phi) is 5.06. The number of aromatic nitrogens is 2. The molecule has 2 heterocycles. The molecule has 25 heavy (non-hydrogen) atoms. The van der Waals surface area contributed by atoms with Crippen molar-refractivity contribution >= 4 is 22.2 Å². The normalized spacial score (nSPS) is 12.5. The molecule has 1 aromatic carbocycles. The second kappa shape index (κ2) is 7.25. The van der Waals surface area contributed by atoms with E-state index >= 15 is 0 Å². The van der Waals surface area contributed by atoms with Gasteiger partial charge >= 0.3 is 0 Å². The molecule has 3 rings (SSSR count). The zero-order valence-electron chi connectivity index (χ0n) is 14.7. The van der Waals surface area contributed by atoms with E-state index in [1.54, 1.807) is 37.7 Å². The van der Waals surface area contributed by atoms with Gasteiger partial charge in [-0.1, -0.05) is 6.07 Å². The molecule has 1 atom stereocenters. The van der Waals surface area contributed by atoms with E-state index in [2.05, 4.69) is 33.2 Å². The number of nitrogens with zero attached hydrogens (tertiary/aromatic N) is 2. The number of ether oxygens (including phenoxy) is 2. The summed E-state index contributed by atoms with van der Waals surface area (Å²) in [4.78, 5) is 23.3. The molecule has 0 aliphatic carbocycles. The molecule has 0 bridgehead atoms. The third-order valence-electron chi connectivity index (χ3n) is 4.28. The van der Waals surface area contributed by atoms with Crippen LogP contribution in [-0.2, 0) is 6.54 Å². The minimum atomic E-state index is -0.182. The quantitative estimate of drug-likeness (QED) is 0.732. The number of nitrogens with one attached hydrogen (secondary N) is 1. The summed E-state index contributed by atoms with van der Waals surface area (Å²) in [5, 5.41) is 2.55. The van der Waals surface area contributed by atoms with Gasteiger partial charge in [-0.05, 0) is 31.5 Å². The van der Waals surface area contributed by atoms with Gasteiger partial charge in [-0.15, -0.1) is 11.3 Å². The maximum Gasteiger partial charge on any atom is 0.258 e. The van der Waals surface area contributed by atoms with Crippen LogP contribution in [0.3, 0.4) is 0 Å². The number of benzene rings is 1. The van der Waals surface area contributed by atoms with Crippen molar-refractivity contribution in [2.24, 2.45) is 0 Å². The van der Waals surface area contributed by atoms with Crippen molar-refractivity contribution in [1.29, 1.82) is 0 Å². The molecule has 2 aromatic heterocycles. The summed E-state index contributed by atoms with van der Waals surface area (Å²) in [6.45, 7) is 2.68. The first-order valence-electron chi connectivity index (χ1n) is 7.92. The van der Waals surface area contributed by atoms with Crippen LogP contribution >= 0.6 is 11.3 Å². The molecule has 7 heteroatoms. The maximum absolute atomic E-state index is 12.4. The van der Waals surface area contributed by atoms with E-state index in [1.165, 1.54) is 4.88 Å². The second-order valence-corrected chi connectivity index (χ2v) is 6.82. The van der Waals surface area contributed by atoms with Crippen LogP contribution in [0.15, 0.2) is 34.4 Å². The summed E-state index contributed by atoms with van der Waals surface area (Å²) in [5.74, 6) is 1.69. The van der Waals surface area contributed by atoms with Crippen molar-refractivity contribution in [2.75, 3.05) is 21.3 Å². The van der Waals surface area contributed by atoms with Crippen LogP contribution in [0, 0.1) is 0 Å². The van der Waals surface area contributed by atoms with E-state index in [-0.39, 0.29) is 11.6 Å². The molecule has 3 aromatic rings. The van der Waals surface area contributed by atoms with Crippen LogP contribution < -0.4 is 15.0 Å². The number of aromatic amines is 1. The molecule has 0 saturated carbocycles. The first kappa shape index (κ1) is 17.4. The summed E-state index contributed by atoms with van der Waals surface area (Å²) >= 11 is 1.72. The maximum atomic E-state index is 12.4. The lowest BCUT2D eigenvalue weighted by Crippen LogP contribution is -2.24. The molecule has 6 nitrogen and oxygen atoms in total. The monoisotopic (exact) mass is 359 g/mol. The summed E-state index contributed by atoms with van der Waals surface area (Å²) in [7, 11) is 5.12. The zero-order valence-corrected chi connectivity index (χ0v) is 15.5. The second-order valence-electron chi connectivity index (χ2n) is 5.84. The number of methoxy groups -OCH3 is 2. The standard InChI is InChI=1S/C18H21N3O3S/c1-11(16-6-5-7-25-16)21(2)10-17-19-13-9-15(24-4)14(23-3)8-12(13)18(22)20-17/h5-9,11H,10H2,1-4H3,(H,19,20,22)/t11-/m0/s1. The van der Waals surface area contributed by atoms with Crippen molar-refractivity contribution in [3.05, 3.63) is 50.7 Å². The van der Waals surface area contributed by atoms with Gasteiger partial charge in [-0.2, -0.15) is 0 Å². The number of hydrogen-bond donors (Lipinski definition) is 1. The lowest BCUT2D eigenvalue weighted by molar-refractivity contribution is 0.250. The van der Waals surface area contributed by atoms with Gasteiger partial charge in [-0.3, -0.25) is 9.69 Å². The Hall–Kier alpha value is -2.38. The summed E-state index contributed by atoms with van der Waals surface area (Å²) in [6, 6.07) is 7.78. The van der Waals surface area contributed by atoms with Gasteiger partial charge in [0.05, 0.1) is 31.7 Å². The SMILES string of the molecule is COc1cc2nc(CN(C)[C@@H](C)c3cccs3)[nH]c(=O)c2cc1OC. The molecule has 0 aliphatic rings. The fourth-order valence-corrected chi connectivity index (χ4v) is 3.56. The van der Waals surface area contributed by atoms with Gasteiger partial charge in [0.2, 0.25) is 0 Å². The van der Waals surface area contributed by atoms with Gasteiger partial charge in [0.25, 0.3) is 5.56 Å². The summed E-state index contributed by atoms with van der Waals surface area (Å²) in [6.07, 6.45) is 0. The minimum Gasteiger partial charge on any atom is -0.493 e. The molecule has 0 radical (unpaired) electrons. The van der Waals surface area contributed by atoms with Crippen molar-refractivity contribution in [2.45, 2.75) is 19.5 Å². The highest BCUT2D eigenvalue weighted by atomic mass is 32.1. The number of thiophene rings is 1. The molecule has 0 unspecified atom stereocenters. The molecule has 0 amide bonds. The van der Waals surface area contributed by atoms with Gasteiger partial charge in [0.15, 0.2) is 11.5 Å². The smallest absolute Gasteiger partial charge is 0.258 e. The van der Waals surface area contributed by atoms with Crippen molar-refractivity contribution in [3.63, 3.8) is 0 Å². The third-order valence-corrected chi connectivity index (χ3v) is 5.32. The summed E-state index contributed by atoms with van der Waals surface area (Å²) < 4.78 is 10.6. The highest BCUT2D eigenvalue weighted by molar-refractivity contribution is 7.10. The van der Waals surface area contributed by atoms with Crippen LogP contribution in [0.25, 0.3) is 10.9 Å². The minimum absolute atomic E-state index is 0.182. The Balaban J connectivity index is 1.93. The van der Waals surface area contributed by atoms with E-state index < -0.39 is 0 Å². The Morgan fingerprint density at radius 3 is 2.64 bits per heavy atom. The van der Waals surface area contributed by atoms with Gasteiger partial charge in [0.1, 0.15) is 5.82 Å². The van der Waals surface area contributed by atoms with Crippen LogP contribution in [0.1, 0.15) is 23.7 Å². The van der Waals surface area contributed by atoms with E-state index in [0.717, 1.165) is 0 Å². The molecule has 1 N–H and O–H groups in total. The van der Waals surface area contributed by atoms with Crippen LogP contribution in [0.5, 0.6) is 11.5 Å². The average Bonchev–Trinajstić information content (AvgIpc) is 3.14. The van der Waals surface area contributed by atoms with Crippen molar-refractivity contribution in [3.8, 4) is 11.5 Å². The lowest BCUT2D eigenvalue weighted by atomic mass is 10.2. The number of hydrogen-bond acceptors (Lipinski definition) is 6. The molecule has 0 aliphatic heterocycles. The lowest BCUT2D eigenvalue weighted by Gasteiger charge is -2.23. The third kappa shape index (κ3) is 3.52. The Labute approximate surface area is 150 Å². The zero-order chi connectivity index (χ0) is 18.0. The van der Waals surface area contributed by atoms with E-state index in [1.807, 2.05) is 13.1 Å². The fraction of sp³-hybridized carbons (Fsp3) is 0.333. The van der Waals surface area contributed by atoms with Crippen LogP contribution in [0.4, 0.5) is 0 Å². The topological polar surface area (TPSA) is 67.5 Å². The fourth-order valence-electron chi connectivity index (χ4n) is 2.71. The highest BCUT2D eigenvalue weighted by Gasteiger charge is 2.16. The summed E-state index contributed by atoms with van der Waals surface area (Å²) in [5.41, 5.74) is 0.409. The van der Waals surface area contributed by atoms with Crippen molar-refractivity contribution in [1.82, 2.24) is 14.9 Å². The Morgan fingerprint density at radius 2 is 2.00 bits per heavy atom. The largest absolute Gasteiger partial charge is 0.493 e. The average molecular weight is 359 g/mol. The van der Waals surface area contributed by atoms with Gasteiger partial charge in [-0.25, -0.2) is 4.98 Å². The molecular weight excluding hydrogens is 338 g/mol.